The van der Waals surface area contributed by atoms with Crippen molar-refractivity contribution in [1.29, 1.82) is 5.26 Å². The van der Waals surface area contributed by atoms with Crippen LogP contribution >= 0.6 is 11.6 Å². The highest BCUT2D eigenvalue weighted by molar-refractivity contribution is 6.30. The Bertz CT molecular complexity index is 1310. The van der Waals surface area contributed by atoms with Crippen LogP contribution in [0.2, 0.25) is 5.02 Å². The minimum absolute atomic E-state index is 0.185. The number of nitriles is 1. The van der Waals surface area contributed by atoms with E-state index in [1.165, 1.54) is 4.90 Å². The zero-order valence-corrected chi connectivity index (χ0v) is 20.1. The Balaban J connectivity index is 1.88. The minimum Gasteiger partial charge on any atom is -0.463 e. The van der Waals surface area contributed by atoms with Crippen molar-refractivity contribution in [1.82, 2.24) is 15.1 Å². The number of benzene rings is 2. The average Bonchev–Trinajstić information content (AvgIpc) is 3.28. The molecule has 2 amide bonds. The number of nitrogens with one attached hydrogen (secondary N) is 1. The minimum atomic E-state index is -0.795. The molecule has 0 bridgehead atoms. The lowest BCUT2D eigenvalue weighted by Crippen LogP contribution is -2.48. The molecule has 1 aromatic heterocycles. The number of aryl methyl sites for hydroxylation is 1. The summed E-state index contributed by atoms with van der Waals surface area (Å²) >= 11 is 6.03. The van der Waals surface area contributed by atoms with Crippen LogP contribution in [-0.4, -0.2) is 28.4 Å². The van der Waals surface area contributed by atoms with Crippen LogP contribution in [0, 0.1) is 11.3 Å². The number of nitrogens with zero attached hydrogens (tertiary/aromatic N) is 4. The summed E-state index contributed by atoms with van der Waals surface area (Å²) in [4.78, 5) is 28.0. The fourth-order valence-corrected chi connectivity index (χ4v) is 4.22. The summed E-state index contributed by atoms with van der Waals surface area (Å²) < 4.78 is 7.06. The van der Waals surface area contributed by atoms with Crippen molar-refractivity contribution in [2.75, 3.05) is 11.5 Å². The molecule has 9 heteroatoms. The molecule has 0 radical (unpaired) electrons. The molecule has 4 rings (SSSR count). The second-order valence-corrected chi connectivity index (χ2v) is 8.32. The number of urea groups is 1. The summed E-state index contributed by atoms with van der Waals surface area (Å²) in [5.41, 5.74) is 3.40. The van der Waals surface area contributed by atoms with E-state index in [0.717, 1.165) is 5.56 Å². The van der Waals surface area contributed by atoms with Crippen LogP contribution in [0.4, 0.5) is 10.5 Å². The van der Waals surface area contributed by atoms with Crippen molar-refractivity contribution in [2.24, 2.45) is 0 Å². The van der Waals surface area contributed by atoms with E-state index in [1.807, 2.05) is 30.3 Å². The smallest absolute Gasteiger partial charge is 0.338 e. The predicted octanol–water partition coefficient (Wildman–Crippen LogP) is 5.23. The van der Waals surface area contributed by atoms with Crippen molar-refractivity contribution < 1.29 is 14.3 Å². The van der Waals surface area contributed by atoms with Crippen molar-refractivity contribution in [2.45, 2.75) is 32.9 Å². The molecule has 0 fully saturated rings. The van der Waals surface area contributed by atoms with Gasteiger partial charge in [0.15, 0.2) is 0 Å². The molecule has 1 atom stereocenters. The molecule has 0 aliphatic carbocycles. The van der Waals surface area contributed by atoms with E-state index in [4.69, 9.17) is 21.6 Å². The van der Waals surface area contributed by atoms with Gasteiger partial charge in [0.05, 0.1) is 48.6 Å². The van der Waals surface area contributed by atoms with E-state index in [0.29, 0.717) is 39.8 Å². The number of aromatic nitrogens is 2. The highest BCUT2D eigenvalue weighted by Crippen LogP contribution is 2.38. The first kappa shape index (κ1) is 24.0. The summed E-state index contributed by atoms with van der Waals surface area (Å²) in [5.74, 6) is -0.530. The summed E-state index contributed by atoms with van der Waals surface area (Å²) in [7, 11) is 0. The van der Waals surface area contributed by atoms with E-state index in [1.54, 1.807) is 49.0 Å². The van der Waals surface area contributed by atoms with E-state index in [2.05, 4.69) is 16.5 Å². The zero-order valence-electron chi connectivity index (χ0n) is 19.4. The quantitative estimate of drug-likeness (QED) is 0.458. The molecule has 178 valence electrons. The van der Waals surface area contributed by atoms with Gasteiger partial charge >= 0.3 is 12.0 Å². The standard InChI is InChI=1S/C26H24ClN5O3/c1-3-35-25(33)22-17(2)32(20-12-10-19(27)11-13-20)26(34)29-24(22)21-16-31(15-7-14-28)30-23(21)18-8-5-4-6-9-18/h4-6,8-13,16,24H,3,7,15H2,1-2H3,(H,29,34)/t24-/m1/s1. The Labute approximate surface area is 208 Å². The number of esters is 1. The first-order valence-corrected chi connectivity index (χ1v) is 11.6. The molecular weight excluding hydrogens is 466 g/mol. The number of rotatable bonds is 7. The second-order valence-electron chi connectivity index (χ2n) is 7.88. The van der Waals surface area contributed by atoms with Gasteiger partial charge in [-0.15, -0.1) is 0 Å². The molecule has 2 aromatic carbocycles. The third-order valence-electron chi connectivity index (χ3n) is 5.67. The number of amides is 2. The molecule has 0 saturated heterocycles. The summed E-state index contributed by atoms with van der Waals surface area (Å²) in [6.07, 6.45) is 2.05. The maximum atomic E-state index is 13.4. The molecule has 35 heavy (non-hydrogen) atoms. The third kappa shape index (κ3) is 4.91. The largest absolute Gasteiger partial charge is 0.463 e. The van der Waals surface area contributed by atoms with Gasteiger partial charge in [0.1, 0.15) is 0 Å². The van der Waals surface area contributed by atoms with Gasteiger partial charge in [-0.2, -0.15) is 10.4 Å². The Morgan fingerprint density at radius 3 is 2.57 bits per heavy atom. The molecule has 1 aliphatic rings. The fourth-order valence-electron chi connectivity index (χ4n) is 4.10. The lowest BCUT2D eigenvalue weighted by Gasteiger charge is -2.35. The fraction of sp³-hybridized carbons (Fsp3) is 0.231. The van der Waals surface area contributed by atoms with E-state index >= 15 is 0 Å². The summed E-state index contributed by atoms with van der Waals surface area (Å²) in [6, 6.07) is 17.2. The SMILES string of the molecule is CCOC(=O)C1=C(C)N(c2ccc(Cl)cc2)C(=O)N[C@@H]1c1cn(CCC#N)nc1-c1ccccc1. The molecule has 0 unspecified atom stereocenters. The van der Waals surface area contributed by atoms with Gasteiger partial charge in [-0.25, -0.2) is 9.59 Å². The average molecular weight is 490 g/mol. The summed E-state index contributed by atoms with van der Waals surface area (Å²) in [6.45, 7) is 4.01. The number of hydrogen-bond donors (Lipinski definition) is 1. The van der Waals surface area contributed by atoms with Gasteiger partial charge in [-0.05, 0) is 38.1 Å². The van der Waals surface area contributed by atoms with E-state index in [9.17, 15) is 9.59 Å². The van der Waals surface area contributed by atoms with Gasteiger partial charge in [-0.3, -0.25) is 9.58 Å². The molecule has 1 aliphatic heterocycles. The lowest BCUT2D eigenvalue weighted by molar-refractivity contribution is -0.139. The van der Waals surface area contributed by atoms with Crippen LogP contribution in [0.5, 0.6) is 0 Å². The van der Waals surface area contributed by atoms with Crippen LogP contribution in [0.3, 0.4) is 0 Å². The number of allylic oxidation sites excluding steroid dienone is 1. The number of ether oxygens (including phenoxy) is 1. The highest BCUT2D eigenvalue weighted by Gasteiger charge is 2.39. The topological polar surface area (TPSA) is 100 Å². The van der Waals surface area contributed by atoms with Gasteiger partial charge < -0.3 is 10.1 Å². The first-order valence-electron chi connectivity index (χ1n) is 11.2. The Morgan fingerprint density at radius 2 is 1.91 bits per heavy atom. The number of carbonyl (C=O) groups is 2. The van der Waals surface area contributed by atoms with Gasteiger partial charge in [0.25, 0.3) is 0 Å². The number of anilines is 1. The van der Waals surface area contributed by atoms with E-state index < -0.39 is 18.0 Å². The monoisotopic (exact) mass is 489 g/mol. The molecular formula is C26H24ClN5O3. The number of hydrogen-bond acceptors (Lipinski definition) is 5. The molecule has 2 heterocycles. The van der Waals surface area contributed by atoms with Crippen LogP contribution in [0.25, 0.3) is 11.3 Å². The normalized spacial score (nSPS) is 15.5. The lowest BCUT2D eigenvalue weighted by atomic mass is 9.93. The Morgan fingerprint density at radius 1 is 1.20 bits per heavy atom. The number of halogens is 1. The third-order valence-corrected chi connectivity index (χ3v) is 5.92. The van der Waals surface area contributed by atoms with Crippen molar-refractivity contribution in [3.05, 3.63) is 82.7 Å². The molecule has 0 spiro atoms. The van der Waals surface area contributed by atoms with Crippen molar-refractivity contribution in [3.8, 4) is 17.3 Å². The zero-order chi connectivity index (χ0) is 24.9. The maximum Gasteiger partial charge on any atom is 0.338 e. The van der Waals surface area contributed by atoms with Crippen LogP contribution in [0.15, 0.2) is 72.1 Å². The van der Waals surface area contributed by atoms with Crippen LogP contribution in [-0.2, 0) is 16.1 Å². The van der Waals surface area contributed by atoms with Crippen molar-refractivity contribution >= 4 is 29.3 Å². The highest BCUT2D eigenvalue weighted by atomic mass is 35.5. The van der Waals surface area contributed by atoms with Crippen LogP contribution < -0.4 is 10.2 Å². The predicted molar refractivity (Wildman–Crippen MR) is 132 cm³/mol. The molecule has 3 aromatic rings. The van der Waals surface area contributed by atoms with Gasteiger partial charge in [0.2, 0.25) is 0 Å². The Hall–Kier alpha value is -4.09. The van der Waals surface area contributed by atoms with Gasteiger partial charge in [-0.1, -0.05) is 41.9 Å². The molecule has 0 saturated carbocycles. The molecule has 1 N–H and O–H groups in total. The number of carbonyl (C=O) groups excluding carboxylic acids is 2. The van der Waals surface area contributed by atoms with E-state index in [-0.39, 0.29) is 13.0 Å². The maximum absolute atomic E-state index is 13.4. The Kier molecular flexibility index (Phi) is 7.18. The summed E-state index contributed by atoms with van der Waals surface area (Å²) in [5, 5.41) is 17.2. The van der Waals surface area contributed by atoms with Crippen LogP contribution in [0.1, 0.15) is 31.9 Å². The van der Waals surface area contributed by atoms with Crippen molar-refractivity contribution in [3.63, 3.8) is 0 Å². The molecule has 8 nitrogen and oxygen atoms in total. The second kappa shape index (κ2) is 10.5. The van der Waals surface area contributed by atoms with Gasteiger partial charge in [0, 0.05) is 28.0 Å². The first-order chi connectivity index (χ1) is 16.9.